The first-order valence-corrected chi connectivity index (χ1v) is 12.2. The van der Waals surface area contributed by atoms with Gasteiger partial charge in [0.1, 0.15) is 22.6 Å². The van der Waals surface area contributed by atoms with Crippen LogP contribution in [0, 0.1) is 0 Å². The minimum absolute atomic E-state index is 0.614. The summed E-state index contributed by atoms with van der Waals surface area (Å²) < 4.78 is 12.4. The summed E-state index contributed by atoms with van der Waals surface area (Å²) in [7, 11) is 0. The fourth-order valence-corrected chi connectivity index (χ4v) is 5.34. The number of furan rings is 2. The molecule has 0 spiro atoms. The molecule has 0 amide bonds. The summed E-state index contributed by atoms with van der Waals surface area (Å²) in [4.78, 5) is 11.6. The van der Waals surface area contributed by atoms with Gasteiger partial charge in [0, 0.05) is 23.5 Å². The highest BCUT2D eigenvalue weighted by atomic mass is 16.3. The van der Waals surface area contributed by atoms with E-state index >= 15 is 0 Å². The first-order chi connectivity index (χ1) is 18.3. The van der Waals surface area contributed by atoms with E-state index in [0.717, 1.165) is 60.9 Å². The molecule has 0 saturated heterocycles. The third-order valence-electron chi connectivity index (χ3n) is 6.96. The van der Waals surface area contributed by atoms with Crippen LogP contribution >= 0.6 is 0 Å². The molecule has 37 heavy (non-hydrogen) atoms. The zero-order valence-corrected chi connectivity index (χ0v) is 19.6. The Kier molecular flexibility index (Phi) is 4.16. The molecule has 0 aliphatic heterocycles. The molecule has 0 unspecified atom stereocenters. The van der Waals surface area contributed by atoms with Crippen molar-refractivity contribution in [2.75, 3.05) is 4.90 Å². The Morgan fingerprint density at radius 1 is 0.541 bits per heavy atom. The molecule has 0 radical (unpaired) electrons. The molecular weight excluding hydrogens is 458 g/mol. The molecule has 0 aliphatic rings. The van der Waals surface area contributed by atoms with E-state index in [9.17, 15) is 0 Å². The molecule has 0 saturated carbocycles. The Labute approximate surface area is 211 Å². The number of nitrogens with zero attached hydrogens (tertiary/aromatic N) is 3. The number of para-hydroxylation sites is 1. The van der Waals surface area contributed by atoms with E-state index in [1.807, 2.05) is 48.7 Å². The summed E-state index contributed by atoms with van der Waals surface area (Å²) in [6.07, 6.45) is 3.56. The van der Waals surface area contributed by atoms with E-state index in [1.54, 1.807) is 6.20 Å². The molecule has 8 aromatic rings. The van der Waals surface area contributed by atoms with Crippen molar-refractivity contribution in [3.63, 3.8) is 0 Å². The van der Waals surface area contributed by atoms with Crippen LogP contribution in [0.1, 0.15) is 0 Å². The molecule has 4 heterocycles. The van der Waals surface area contributed by atoms with Crippen LogP contribution in [-0.2, 0) is 0 Å². The quantitative estimate of drug-likeness (QED) is 0.254. The van der Waals surface area contributed by atoms with Gasteiger partial charge in [0.25, 0.3) is 0 Å². The highest BCUT2D eigenvalue weighted by molar-refractivity contribution is 6.16. The van der Waals surface area contributed by atoms with Crippen molar-refractivity contribution in [3.8, 4) is 0 Å². The molecule has 0 bridgehead atoms. The average Bonchev–Trinajstić information content (AvgIpc) is 3.52. The van der Waals surface area contributed by atoms with E-state index in [-0.39, 0.29) is 0 Å². The third-order valence-corrected chi connectivity index (χ3v) is 6.96. The first-order valence-electron chi connectivity index (χ1n) is 12.2. The number of rotatable bonds is 3. The Morgan fingerprint density at radius 3 is 2.32 bits per heavy atom. The van der Waals surface area contributed by atoms with Gasteiger partial charge in [-0.2, -0.15) is 0 Å². The maximum absolute atomic E-state index is 6.23. The van der Waals surface area contributed by atoms with Gasteiger partial charge in [0.05, 0.1) is 21.8 Å². The molecule has 0 atom stereocenters. The highest BCUT2D eigenvalue weighted by Gasteiger charge is 2.24. The van der Waals surface area contributed by atoms with Crippen LogP contribution in [-0.4, -0.2) is 9.97 Å². The van der Waals surface area contributed by atoms with Crippen LogP contribution in [0.15, 0.2) is 124 Å². The maximum atomic E-state index is 6.23. The van der Waals surface area contributed by atoms with Crippen molar-refractivity contribution in [3.05, 3.63) is 116 Å². The van der Waals surface area contributed by atoms with Gasteiger partial charge < -0.3 is 8.83 Å². The molecule has 0 N–H and O–H groups in total. The van der Waals surface area contributed by atoms with Gasteiger partial charge in [-0.15, -0.1) is 0 Å². The Morgan fingerprint density at radius 2 is 1.35 bits per heavy atom. The minimum atomic E-state index is 0.614. The Balaban J connectivity index is 1.51. The van der Waals surface area contributed by atoms with Gasteiger partial charge in [0.15, 0.2) is 0 Å². The van der Waals surface area contributed by atoms with Crippen LogP contribution < -0.4 is 4.90 Å². The lowest BCUT2D eigenvalue weighted by Crippen LogP contribution is -2.12. The zero-order valence-electron chi connectivity index (χ0n) is 19.6. The largest absolute Gasteiger partial charge is 0.456 e. The number of anilines is 3. The van der Waals surface area contributed by atoms with Crippen molar-refractivity contribution < 1.29 is 8.83 Å². The van der Waals surface area contributed by atoms with Crippen molar-refractivity contribution in [2.45, 2.75) is 0 Å². The van der Waals surface area contributed by atoms with E-state index in [1.165, 1.54) is 5.39 Å². The molecule has 4 aromatic carbocycles. The van der Waals surface area contributed by atoms with Crippen molar-refractivity contribution in [1.82, 2.24) is 9.97 Å². The van der Waals surface area contributed by atoms with Gasteiger partial charge in [-0.25, -0.2) is 9.97 Å². The summed E-state index contributed by atoms with van der Waals surface area (Å²) in [6, 6.07) is 35.0. The second-order valence-corrected chi connectivity index (χ2v) is 9.08. The van der Waals surface area contributed by atoms with E-state index in [2.05, 4.69) is 70.5 Å². The topological polar surface area (TPSA) is 55.3 Å². The van der Waals surface area contributed by atoms with Gasteiger partial charge in [-0.3, -0.25) is 4.90 Å². The van der Waals surface area contributed by atoms with E-state index in [0.29, 0.717) is 5.71 Å². The number of hydrogen-bond acceptors (Lipinski definition) is 5. The molecule has 0 aliphatic carbocycles. The van der Waals surface area contributed by atoms with Gasteiger partial charge in [0.2, 0.25) is 5.71 Å². The second kappa shape index (κ2) is 7.67. The van der Waals surface area contributed by atoms with Gasteiger partial charge in [-0.05, 0) is 59.3 Å². The lowest BCUT2D eigenvalue weighted by atomic mass is 10.1. The normalized spacial score (nSPS) is 11.8. The molecule has 5 nitrogen and oxygen atoms in total. The lowest BCUT2D eigenvalue weighted by Gasteiger charge is -2.26. The number of aromatic nitrogens is 2. The molecule has 0 fully saturated rings. The highest BCUT2D eigenvalue weighted by Crippen LogP contribution is 2.45. The molecule has 5 heteroatoms. The van der Waals surface area contributed by atoms with Crippen LogP contribution in [0.3, 0.4) is 0 Å². The Bertz CT molecular complexity index is 2010. The fraction of sp³-hybridized carbons (Fsp3) is 0. The minimum Gasteiger partial charge on any atom is -0.456 e. The average molecular weight is 478 g/mol. The standard InChI is InChI=1S/C32H19N3O2/c1-2-8-21-19-22(15-14-20(21)7-1)35(25-11-5-13-27-29(25)24-10-6-17-34-32(24)37-27)31-30-23-9-3-4-12-26(23)36-28(30)16-18-33-31/h1-19H. The fourth-order valence-electron chi connectivity index (χ4n) is 5.34. The smallest absolute Gasteiger partial charge is 0.227 e. The SMILES string of the molecule is c1ccc2cc(N(c3nccc4oc5ccccc5c34)c3cccc4oc5ncccc5c34)ccc2c1. The summed E-state index contributed by atoms with van der Waals surface area (Å²) in [5.41, 5.74) is 4.98. The van der Waals surface area contributed by atoms with E-state index in [4.69, 9.17) is 13.8 Å². The number of benzene rings is 4. The first kappa shape index (κ1) is 20.1. The molecule has 174 valence electrons. The van der Waals surface area contributed by atoms with E-state index < -0.39 is 0 Å². The van der Waals surface area contributed by atoms with Crippen molar-refractivity contribution in [1.29, 1.82) is 0 Å². The molecule has 4 aromatic heterocycles. The molecule has 8 rings (SSSR count). The second-order valence-electron chi connectivity index (χ2n) is 9.08. The van der Waals surface area contributed by atoms with Crippen molar-refractivity contribution in [2.24, 2.45) is 0 Å². The summed E-state index contributed by atoms with van der Waals surface area (Å²) in [6.45, 7) is 0. The number of fused-ring (bicyclic) bond motifs is 7. The maximum Gasteiger partial charge on any atom is 0.227 e. The number of hydrogen-bond donors (Lipinski definition) is 0. The van der Waals surface area contributed by atoms with Crippen molar-refractivity contribution >= 4 is 72.0 Å². The van der Waals surface area contributed by atoms with Gasteiger partial charge in [-0.1, -0.05) is 54.6 Å². The summed E-state index contributed by atoms with van der Waals surface area (Å²) in [5, 5.41) is 6.28. The lowest BCUT2D eigenvalue weighted by molar-refractivity contribution is 0.654. The van der Waals surface area contributed by atoms with Crippen LogP contribution in [0.2, 0.25) is 0 Å². The number of pyridine rings is 2. The monoisotopic (exact) mass is 477 g/mol. The summed E-state index contributed by atoms with van der Waals surface area (Å²) >= 11 is 0. The molecular formula is C32H19N3O2. The zero-order chi connectivity index (χ0) is 24.3. The van der Waals surface area contributed by atoms with Gasteiger partial charge >= 0.3 is 0 Å². The Hall–Kier alpha value is -5.16. The summed E-state index contributed by atoms with van der Waals surface area (Å²) in [5.74, 6) is 0.795. The predicted octanol–water partition coefficient (Wildman–Crippen LogP) is 8.90. The third kappa shape index (κ3) is 2.98. The predicted molar refractivity (Wildman–Crippen MR) is 149 cm³/mol. The van der Waals surface area contributed by atoms with Crippen LogP contribution in [0.5, 0.6) is 0 Å². The van der Waals surface area contributed by atoms with Crippen LogP contribution in [0.4, 0.5) is 17.2 Å². The van der Waals surface area contributed by atoms with Crippen LogP contribution in [0.25, 0.3) is 54.8 Å².